The first kappa shape index (κ1) is 19.5. The van der Waals surface area contributed by atoms with E-state index < -0.39 is 0 Å². The van der Waals surface area contributed by atoms with Crippen LogP contribution < -0.4 is 9.47 Å². The molecule has 0 atom stereocenters. The van der Waals surface area contributed by atoms with Crippen LogP contribution in [0.4, 0.5) is 11.5 Å². The molecule has 0 saturated carbocycles. The van der Waals surface area contributed by atoms with Crippen LogP contribution in [0.3, 0.4) is 0 Å². The molecule has 1 aromatic carbocycles. The van der Waals surface area contributed by atoms with Gasteiger partial charge in [-0.25, -0.2) is 4.57 Å². The monoisotopic (exact) mass is 399 g/mol. The Kier molecular flexibility index (Phi) is 6.23. The van der Waals surface area contributed by atoms with Crippen molar-refractivity contribution in [1.82, 2.24) is 4.90 Å². The third-order valence-electron chi connectivity index (χ3n) is 4.23. The predicted molar refractivity (Wildman–Crippen MR) is 114 cm³/mol. The molecular formula is C20H23N4OS2+. The van der Waals surface area contributed by atoms with Gasteiger partial charge in [0.2, 0.25) is 6.41 Å². The van der Waals surface area contributed by atoms with E-state index in [1.165, 1.54) is 22.3 Å². The summed E-state index contributed by atoms with van der Waals surface area (Å²) in [5.74, 6) is 0.800. The lowest BCUT2D eigenvalue weighted by molar-refractivity contribution is -0.658. The van der Waals surface area contributed by atoms with Crippen LogP contribution in [0.5, 0.6) is 0 Å². The van der Waals surface area contributed by atoms with Crippen molar-refractivity contribution in [3.05, 3.63) is 58.6 Å². The van der Waals surface area contributed by atoms with Crippen LogP contribution in [0.25, 0.3) is 0 Å². The topological polar surface area (TPSA) is 39.8 Å². The Balaban J connectivity index is 1.95. The highest BCUT2D eigenvalue weighted by atomic mass is 32.2. The number of hydrogen-bond acceptors (Lipinski definition) is 5. The molecular weight excluding hydrogens is 376 g/mol. The van der Waals surface area contributed by atoms with Crippen LogP contribution in [0.1, 0.15) is 13.8 Å². The maximum absolute atomic E-state index is 11.6. The molecule has 7 heteroatoms. The first-order valence-electron chi connectivity index (χ1n) is 8.69. The molecule has 3 rings (SSSR count). The maximum atomic E-state index is 11.6. The molecule has 1 aliphatic heterocycles. The summed E-state index contributed by atoms with van der Waals surface area (Å²) in [6, 6.07) is 14.2. The van der Waals surface area contributed by atoms with E-state index in [2.05, 4.69) is 43.1 Å². The molecule has 27 heavy (non-hydrogen) atoms. The Morgan fingerprint density at radius 2 is 2.04 bits per heavy atom. The van der Waals surface area contributed by atoms with E-state index in [4.69, 9.17) is 4.99 Å². The number of hydrogen-bond donors (Lipinski definition) is 0. The van der Waals surface area contributed by atoms with Gasteiger partial charge < -0.3 is 4.90 Å². The number of para-hydroxylation sites is 1. The molecule has 0 fully saturated rings. The van der Waals surface area contributed by atoms with Crippen molar-refractivity contribution >= 4 is 46.6 Å². The van der Waals surface area contributed by atoms with E-state index in [0.717, 1.165) is 22.2 Å². The molecule has 0 radical (unpaired) electrons. The van der Waals surface area contributed by atoms with Gasteiger partial charge in [0.1, 0.15) is 0 Å². The SMILES string of the molecule is CCN(C=O)/C(=N/c1cccc[n+]1C)S/C(C)=C1/Sc2ccccc2N1C. The lowest BCUT2D eigenvalue weighted by Gasteiger charge is -2.18. The number of aryl methyl sites for hydroxylation is 1. The first-order valence-corrected chi connectivity index (χ1v) is 10.3. The largest absolute Gasteiger partial charge is 0.337 e. The minimum absolute atomic E-state index is 0.567. The summed E-state index contributed by atoms with van der Waals surface area (Å²) in [7, 11) is 4.02. The highest BCUT2D eigenvalue weighted by Gasteiger charge is 2.26. The summed E-state index contributed by atoms with van der Waals surface area (Å²) in [6.45, 7) is 4.59. The number of anilines is 1. The fourth-order valence-electron chi connectivity index (χ4n) is 2.72. The number of allylic oxidation sites excluding steroid dienone is 1. The number of benzene rings is 1. The van der Waals surface area contributed by atoms with Crippen LogP contribution in [0, 0.1) is 0 Å². The second kappa shape index (κ2) is 8.63. The number of carbonyl (C=O) groups excluding carboxylic acids is 1. The Morgan fingerprint density at radius 3 is 2.70 bits per heavy atom. The van der Waals surface area contributed by atoms with Gasteiger partial charge in [0.25, 0.3) is 5.17 Å². The Bertz CT molecular complexity index is 910. The first-order chi connectivity index (χ1) is 13.0. The Labute approximate surface area is 168 Å². The minimum Gasteiger partial charge on any atom is -0.337 e. The van der Waals surface area contributed by atoms with E-state index in [1.807, 2.05) is 42.9 Å². The van der Waals surface area contributed by atoms with E-state index in [0.29, 0.717) is 11.7 Å². The van der Waals surface area contributed by atoms with E-state index in [-0.39, 0.29) is 0 Å². The van der Waals surface area contributed by atoms with Gasteiger partial charge in [-0.2, -0.15) is 0 Å². The Hall–Kier alpha value is -2.25. The average Bonchev–Trinajstić information content (AvgIpc) is 3.01. The molecule has 140 valence electrons. The van der Waals surface area contributed by atoms with E-state index >= 15 is 0 Å². The zero-order chi connectivity index (χ0) is 19.4. The van der Waals surface area contributed by atoms with Gasteiger partial charge in [-0.15, -0.1) is 0 Å². The number of pyridine rings is 1. The lowest BCUT2D eigenvalue weighted by Crippen LogP contribution is -2.30. The second-order valence-corrected chi connectivity index (χ2v) is 8.26. The van der Waals surface area contributed by atoms with Crippen LogP contribution in [0.2, 0.25) is 0 Å². The number of aromatic nitrogens is 1. The fraction of sp³-hybridized carbons (Fsp3) is 0.250. The molecule has 0 aliphatic carbocycles. The number of amidine groups is 1. The molecule has 0 spiro atoms. The van der Waals surface area contributed by atoms with Crippen molar-refractivity contribution in [3.8, 4) is 0 Å². The van der Waals surface area contributed by atoms with Gasteiger partial charge >= 0.3 is 5.82 Å². The van der Waals surface area contributed by atoms with Crippen LogP contribution in [-0.2, 0) is 11.8 Å². The van der Waals surface area contributed by atoms with Crippen molar-refractivity contribution in [1.29, 1.82) is 0 Å². The van der Waals surface area contributed by atoms with Crippen molar-refractivity contribution in [2.24, 2.45) is 12.0 Å². The van der Waals surface area contributed by atoms with Crippen molar-refractivity contribution in [3.63, 3.8) is 0 Å². The zero-order valence-electron chi connectivity index (χ0n) is 15.9. The average molecular weight is 400 g/mol. The number of nitrogens with zero attached hydrogens (tertiary/aromatic N) is 4. The predicted octanol–water partition coefficient (Wildman–Crippen LogP) is 4.14. The fourth-order valence-corrected chi connectivity index (χ4v) is 4.94. The molecule has 2 aromatic rings. The summed E-state index contributed by atoms with van der Waals surface area (Å²) in [5, 5.41) is 1.83. The summed E-state index contributed by atoms with van der Waals surface area (Å²) < 4.78 is 1.94. The normalized spacial score (nSPS) is 15.6. The van der Waals surface area contributed by atoms with Gasteiger partial charge in [-0.3, -0.25) is 9.69 Å². The van der Waals surface area contributed by atoms with Gasteiger partial charge in [-0.05, 0) is 48.8 Å². The summed E-state index contributed by atoms with van der Waals surface area (Å²) >= 11 is 3.27. The molecule has 5 nitrogen and oxygen atoms in total. The van der Waals surface area contributed by atoms with Crippen LogP contribution in [0.15, 0.2) is 68.5 Å². The third kappa shape index (κ3) is 4.20. The molecule has 2 heterocycles. The van der Waals surface area contributed by atoms with Crippen molar-refractivity contribution in [2.45, 2.75) is 18.7 Å². The number of aliphatic imine (C=N–C) groups is 1. The highest BCUT2D eigenvalue weighted by Crippen LogP contribution is 2.47. The van der Waals surface area contributed by atoms with Gasteiger partial charge in [0, 0.05) is 29.5 Å². The number of amides is 1. The molecule has 0 unspecified atom stereocenters. The third-order valence-corrected chi connectivity index (χ3v) is 6.71. The molecule has 0 saturated heterocycles. The van der Waals surface area contributed by atoms with E-state index in [9.17, 15) is 4.79 Å². The number of fused-ring (bicyclic) bond motifs is 1. The molecule has 1 aliphatic rings. The molecule has 1 aromatic heterocycles. The molecule has 1 amide bonds. The Morgan fingerprint density at radius 1 is 1.30 bits per heavy atom. The maximum Gasteiger partial charge on any atom is 0.326 e. The van der Waals surface area contributed by atoms with Gasteiger partial charge in [0.15, 0.2) is 0 Å². The highest BCUT2D eigenvalue weighted by molar-refractivity contribution is 8.17. The summed E-state index contributed by atoms with van der Waals surface area (Å²) in [5.41, 5.74) is 1.20. The van der Waals surface area contributed by atoms with Gasteiger partial charge in [0.05, 0.1) is 24.0 Å². The zero-order valence-corrected chi connectivity index (χ0v) is 17.5. The van der Waals surface area contributed by atoms with Gasteiger partial charge in [-0.1, -0.05) is 30.0 Å². The lowest BCUT2D eigenvalue weighted by atomic mass is 10.3. The van der Waals surface area contributed by atoms with Crippen LogP contribution >= 0.6 is 23.5 Å². The van der Waals surface area contributed by atoms with Crippen molar-refractivity contribution in [2.75, 3.05) is 18.5 Å². The van der Waals surface area contributed by atoms with E-state index in [1.54, 1.807) is 16.7 Å². The summed E-state index contributed by atoms with van der Waals surface area (Å²) in [4.78, 5) is 22.5. The number of rotatable bonds is 4. The minimum atomic E-state index is 0.567. The standard InChI is InChI=1S/C20H23N4OS2/c1-5-24(14-25)20(21-18-12-8-9-13-22(18)3)26-15(2)19-23(4)16-10-6-7-11-17(16)27-19/h6-14H,5H2,1-4H3/q+1/b19-15+. The quantitative estimate of drug-likeness (QED) is 0.335. The summed E-state index contributed by atoms with van der Waals surface area (Å²) in [6.07, 6.45) is 2.79. The smallest absolute Gasteiger partial charge is 0.326 e. The second-order valence-electron chi connectivity index (χ2n) is 6.05. The number of thioether (sulfide) groups is 2. The molecule has 0 bridgehead atoms. The number of carbonyl (C=O) groups is 1. The molecule has 0 N–H and O–H groups in total. The van der Waals surface area contributed by atoms with Crippen molar-refractivity contribution < 1.29 is 9.36 Å². The van der Waals surface area contributed by atoms with Crippen LogP contribution in [-0.4, -0.2) is 30.1 Å².